The molecule has 1 atom stereocenters. The standard InChI is InChI=1S/C24H33FN4O7/c1-14(2)36-26-15(3)18-12-28(13-19(30)17-11-16(25)9-10-20(17)34-8)22(32)29(21(18)31)27(7)23(33)35-24(4,5)6/h9-12,14,19,30H,13H2,1-8H3/b26-15+. The predicted molar refractivity (Wildman–Crippen MR) is 132 cm³/mol. The average Bonchev–Trinajstić information content (AvgIpc) is 2.77. The topological polar surface area (TPSA) is 125 Å². The number of hydrogen-bond acceptors (Lipinski definition) is 8. The van der Waals surface area contributed by atoms with E-state index in [2.05, 4.69) is 5.16 Å². The summed E-state index contributed by atoms with van der Waals surface area (Å²) in [4.78, 5) is 44.5. The molecule has 0 saturated carbocycles. The van der Waals surface area contributed by atoms with Crippen LogP contribution in [0.15, 0.2) is 39.1 Å². The number of hydrogen-bond donors (Lipinski definition) is 1. The Morgan fingerprint density at radius 3 is 2.44 bits per heavy atom. The molecule has 0 fully saturated rings. The summed E-state index contributed by atoms with van der Waals surface area (Å²) in [5.74, 6) is -0.402. The molecule has 1 unspecified atom stereocenters. The van der Waals surface area contributed by atoms with E-state index in [1.165, 1.54) is 39.4 Å². The summed E-state index contributed by atoms with van der Waals surface area (Å²) < 4.78 is 25.9. The minimum absolute atomic E-state index is 0.0657. The van der Waals surface area contributed by atoms with Crippen LogP contribution in [0.5, 0.6) is 5.75 Å². The molecule has 0 radical (unpaired) electrons. The summed E-state index contributed by atoms with van der Waals surface area (Å²) >= 11 is 0. The van der Waals surface area contributed by atoms with Crippen molar-refractivity contribution in [1.29, 1.82) is 0 Å². The quantitative estimate of drug-likeness (QED) is 0.429. The zero-order valence-corrected chi connectivity index (χ0v) is 21.7. The number of oxime groups is 1. The molecule has 0 spiro atoms. The number of aliphatic hydroxyl groups excluding tert-OH is 1. The van der Waals surface area contributed by atoms with E-state index < -0.39 is 41.4 Å². The van der Waals surface area contributed by atoms with E-state index in [0.29, 0.717) is 4.68 Å². The number of aliphatic hydroxyl groups is 1. The molecule has 2 rings (SSSR count). The molecule has 11 nitrogen and oxygen atoms in total. The number of aromatic nitrogens is 2. The van der Waals surface area contributed by atoms with E-state index in [9.17, 15) is 23.9 Å². The first-order valence-electron chi connectivity index (χ1n) is 11.2. The van der Waals surface area contributed by atoms with Crippen LogP contribution in [0, 0.1) is 5.82 Å². The average molecular weight is 509 g/mol. The number of methoxy groups -OCH3 is 1. The van der Waals surface area contributed by atoms with Gasteiger partial charge in [-0.3, -0.25) is 9.36 Å². The summed E-state index contributed by atoms with van der Waals surface area (Å²) in [7, 11) is 2.56. The van der Waals surface area contributed by atoms with Crippen LogP contribution < -0.4 is 21.0 Å². The second kappa shape index (κ2) is 11.4. The molecule has 1 aromatic heterocycles. The minimum Gasteiger partial charge on any atom is -0.496 e. The van der Waals surface area contributed by atoms with Crippen molar-refractivity contribution in [2.24, 2.45) is 5.16 Å². The van der Waals surface area contributed by atoms with Crippen LogP contribution in [0.1, 0.15) is 58.8 Å². The van der Waals surface area contributed by atoms with Gasteiger partial charge in [0, 0.05) is 18.8 Å². The molecule has 2 aromatic rings. The first kappa shape index (κ1) is 28.6. The molecule has 1 N–H and O–H groups in total. The van der Waals surface area contributed by atoms with E-state index in [-0.39, 0.29) is 28.7 Å². The Kier molecular flexibility index (Phi) is 9.03. The summed E-state index contributed by atoms with van der Waals surface area (Å²) in [6, 6.07) is 3.60. The van der Waals surface area contributed by atoms with Crippen molar-refractivity contribution in [3.8, 4) is 5.75 Å². The summed E-state index contributed by atoms with van der Waals surface area (Å²) in [6.07, 6.45) is -1.43. The predicted octanol–water partition coefficient (Wildman–Crippen LogP) is 2.54. The monoisotopic (exact) mass is 508 g/mol. The molecule has 0 aliphatic carbocycles. The van der Waals surface area contributed by atoms with Crippen molar-refractivity contribution >= 4 is 11.8 Å². The summed E-state index contributed by atoms with van der Waals surface area (Å²) in [5.41, 5.74) is -2.52. The van der Waals surface area contributed by atoms with Crippen LogP contribution in [-0.4, -0.2) is 52.0 Å². The van der Waals surface area contributed by atoms with Gasteiger partial charge >= 0.3 is 11.8 Å². The Bertz CT molecular complexity index is 1240. The highest BCUT2D eigenvalue weighted by atomic mass is 19.1. The number of ether oxygens (including phenoxy) is 2. The normalized spacial score (nSPS) is 12.9. The first-order chi connectivity index (χ1) is 16.7. The van der Waals surface area contributed by atoms with Crippen molar-refractivity contribution in [1.82, 2.24) is 9.24 Å². The van der Waals surface area contributed by atoms with E-state index in [1.807, 2.05) is 0 Å². The van der Waals surface area contributed by atoms with Gasteiger partial charge in [-0.05, 0) is 59.7 Å². The van der Waals surface area contributed by atoms with Gasteiger partial charge in [0.05, 0.1) is 24.9 Å². The maximum absolute atomic E-state index is 13.9. The molecule has 0 aliphatic heterocycles. The number of amides is 1. The Morgan fingerprint density at radius 1 is 1.25 bits per heavy atom. The van der Waals surface area contributed by atoms with Gasteiger partial charge in [0.25, 0.3) is 5.56 Å². The van der Waals surface area contributed by atoms with Gasteiger partial charge in [-0.2, -0.15) is 4.68 Å². The van der Waals surface area contributed by atoms with E-state index in [1.54, 1.807) is 34.6 Å². The SMILES string of the molecule is COc1ccc(F)cc1C(O)Cn1cc(/C(C)=N/OC(C)C)c(=O)n(N(C)C(=O)OC(C)(C)C)c1=O. The van der Waals surface area contributed by atoms with Crippen molar-refractivity contribution < 1.29 is 28.6 Å². The van der Waals surface area contributed by atoms with Gasteiger partial charge in [-0.25, -0.2) is 19.0 Å². The van der Waals surface area contributed by atoms with Crippen molar-refractivity contribution in [3.05, 3.63) is 62.2 Å². The van der Waals surface area contributed by atoms with Gasteiger partial charge in [0.1, 0.15) is 29.4 Å². The fraction of sp³-hybridized carbons (Fsp3) is 0.500. The lowest BCUT2D eigenvalue weighted by Gasteiger charge is -2.26. The van der Waals surface area contributed by atoms with Crippen LogP contribution in [0.4, 0.5) is 9.18 Å². The molecule has 0 saturated heterocycles. The van der Waals surface area contributed by atoms with Gasteiger partial charge in [-0.15, -0.1) is 0 Å². The molecule has 0 aliphatic rings. The fourth-order valence-electron chi connectivity index (χ4n) is 3.13. The van der Waals surface area contributed by atoms with Gasteiger partial charge in [0.15, 0.2) is 0 Å². The van der Waals surface area contributed by atoms with E-state index >= 15 is 0 Å². The lowest BCUT2D eigenvalue weighted by Crippen LogP contribution is -2.55. The van der Waals surface area contributed by atoms with Crippen molar-refractivity contribution in [3.63, 3.8) is 0 Å². The maximum Gasteiger partial charge on any atom is 0.429 e. The Labute approximate surface area is 208 Å². The highest BCUT2D eigenvalue weighted by Crippen LogP contribution is 2.26. The third-order valence-corrected chi connectivity index (χ3v) is 4.80. The Hall–Kier alpha value is -3.67. The second-order valence-electron chi connectivity index (χ2n) is 9.33. The van der Waals surface area contributed by atoms with Crippen LogP contribution in [0.2, 0.25) is 0 Å². The largest absolute Gasteiger partial charge is 0.496 e. The van der Waals surface area contributed by atoms with Crippen molar-refractivity contribution in [2.75, 3.05) is 19.2 Å². The van der Waals surface area contributed by atoms with Crippen LogP contribution in [0.3, 0.4) is 0 Å². The van der Waals surface area contributed by atoms with Crippen LogP contribution in [0.25, 0.3) is 0 Å². The Balaban J connectivity index is 2.67. The molecule has 0 bridgehead atoms. The zero-order valence-electron chi connectivity index (χ0n) is 21.7. The smallest absolute Gasteiger partial charge is 0.429 e. The van der Waals surface area contributed by atoms with E-state index in [0.717, 1.165) is 15.6 Å². The molecule has 1 amide bonds. The lowest BCUT2D eigenvalue weighted by molar-refractivity contribution is 0.0545. The number of rotatable bonds is 8. The second-order valence-corrected chi connectivity index (χ2v) is 9.33. The fourth-order valence-corrected chi connectivity index (χ4v) is 3.13. The number of benzene rings is 1. The van der Waals surface area contributed by atoms with Gasteiger partial charge < -0.3 is 19.4 Å². The molecular weight excluding hydrogens is 475 g/mol. The lowest BCUT2D eigenvalue weighted by atomic mass is 10.1. The Morgan fingerprint density at radius 2 is 1.89 bits per heavy atom. The number of nitrogens with zero attached hydrogens (tertiary/aromatic N) is 4. The molecular formula is C24H33FN4O7. The number of halogens is 1. The minimum atomic E-state index is -1.40. The molecule has 12 heteroatoms. The molecule has 1 heterocycles. The highest BCUT2D eigenvalue weighted by molar-refractivity contribution is 5.97. The van der Waals surface area contributed by atoms with Crippen LogP contribution >= 0.6 is 0 Å². The highest BCUT2D eigenvalue weighted by Gasteiger charge is 2.26. The molecule has 1 aromatic carbocycles. The van der Waals surface area contributed by atoms with Gasteiger partial charge in [0.2, 0.25) is 0 Å². The van der Waals surface area contributed by atoms with Crippen LogP contribution in [-0.2, 0) is 16.1 Å². The van der Waals surface area contributed by atoms with Gasteiger partial charge in [-0.1, -0.05) is 5.16 Å². The molecule has 198 valence electrons. The zero-order chi connectivity index (χ0) is 27.4. The van der Waals surface area contributed by atoms with Crippen molar-refractivity contribution in [2.45, 2.75) is 65.9 Å². The van der Waals surface area contributed by atoms with E-state index in [4.69, 9.17) is 14.3 Å². The maximum atomic E-state index is 13.9. The number of carbonyl (C=O) groups is 1. The summed E-state index contributed by atoms with van der Waals surface area (Å²) in [5, 5.41) is 15.5. The number of carbonyl (C=O) groups excluding carboxylic acids is 1. The molecule has 36 heavy (non-hydrogen) atoms. The first-order valence-corrected chi connectivity index (χ1v) is 11.2. The summed E-state index contributed by atoms with van der Waals surface area (Å²) in [6.45, 7) is 9.51. The third-order valence-electron chi connectivity index (χ3n) is 4.80. The third kappa shape index (κ3) is 6.94.